The molecule has 0 heterocycles. The van der Waals surface area contributed by atoms with Crippen LogP contribution in [-0.2, 0) is 11.3 Å². The topological polar surface area (TPSA) is 99.2 Å². The van der Waals surface area contributed by atoms with Gasteiger partial charge in [-0.3, -0.25) is 9.59 Å². The monoisotopic (exact) mass is 450 g/mol. The van der Waals surface area contributed by atoms with Crippen LogP contribution in [0.4, 0.5) is 5.69 Å². The molecule has 0 radical (unpaired) electrons. The zero-order valence-corrected chi connectivity index (χ0v) is 18.6. The molecule has 2 aromatic rings. The van der Waals surface area contributed by atoms with Gasteiger partial charge in [0, 0.05) is 40.8 Å². The first-order chi connectivity index (χ1) is 15.5. The highest BCUT2D eigenvalue weighted by atomic mass is 35.5. The van der Waals surface area contributed by atoms with Crippen molar-refractivity contribution in [2.75, 3.05) is 5.32 Å². The number of nitrogens with zero attached hydrogens (tertiary/aromatic N) is 2. The van der Waals surface area contributed by atoms with E-state index in [1.165, 1.54) is 0 Å². The Morgan fingerprint density at radius 3 is 2.47 bits per heavy atom. The van der Waals surface area contributed by atoms with E-state index in [0.717, 1.165) is 44.1 Å². The lowest BCUT2D eigenvalue weighted by molar-refractivity contribution is -0.117. The van der Waals surface area contributed by atoms with Gasteiger partial charge in [-0.2, -0.15) is 5.26 Å². The number of halogens is 1. The fourth-order valence-electron chi connectivity index (χ4n) is 4.27. The lowest BCUT2D eigenvalue weighted by atomic mass is 9.89. The van der Waals surface area contributed by atoms with Crippen molar-refractivity contribution in [2.24, 2.45) is 11.7 Å². The lowest BCUT2D eigenvalue weighted by Crippen LogP contribution is -2.51. The molecule has 2 atom stereocenters. The summed E-state index contributed by atoms with van der Waals surface area (Å²) >= 11 is 6.50. The van der Waals surface area contributed by atoms with Gasteiger partial charge in [0.15, 0.2) is 0 Å². The molecule has 2 aromatic carbocycles. The van der Waals surface area contributed by atoms with E-state index >= 15 is 0 Å². The quantitative estimate of drug-likeness (QED) is 0.678. The number of hydrogen-bond donors (Lipinski definition) is 2. The van der Waals surface area contributed by atoms with Crippen molar-refractivity contribution in [1.29, 1.82) is 5.26 Å². The summed E-state index contributed by atoms with van der Waals surface area (Å²) < 4.78 is 0. The van der Waals surface area contributed by atoms with Gasteiger partial charge < -0.3 is 16.0 Å². The molecule has 2 saturated carbocycles. The van der Waals surface area contributed by atoms with Crippen LogP contribution in [0.3, 0.4) is 0 Å². The summed E-state index contributed by atoms with van der Waals surface area (Å²) in [6, 6.07) is 13.9. The van der Waals surface area contributed by atoms with Crippen LogP contribution in [0.1, 0.15) is 60.0 Å². The van der Waals surface area contributed by atoms with Crippen molar-refractivity contribution in [3.8, 4) is 6.07 Å². The average molecular weight is 451 g/mol. The molecule has 166 valence electrons. The number of nitrogens with two attached hydrogens (primary N) is 1. The number of anilines is 1. The van der Waals surface area contributed by atoms with Crippen molar-refractivity contribution in [3.63, 3.8) is 0 Å². The Kier molecular flexibility index (Phi) is 6.78. The summed E-state index contributed by atoms with van der Waals surface area (Å²) in [4.78, 5) is 27.5. The van der Waals surface area contributed by atoms with Gasteiger partial charge in [-0.15, -0.1) is 0 Å². The first-order valence-corrected chi connectivity index (χ1v) is 11.5. The molecule has 4 rings (SSSR count). The highest BCUT2D eigenvalue weighted by Gasteiger charge is 2.32. The smallest absolute Gasteiger partial charge is 0.254 e. The number of carbonyl (C=O) groups is 2. The summed E-state index contributed by atoms with van der Waals surface area (Å²) in [6.07, 6.45) is 5.63. The fraction of sp³-hybridized carbons (Fsp3) is 0.400. The van der Waals surface area contributed by atoms with Gasteiger partial charge in [0.1, 0.15) is 0 Å². The van der Waals surface area contributed by atoms with Crippen LogP contribution in [0.25, 0.3) is 0 Å². The number of hydrogen-bond acceptors (Lipinski definition) is 4. The number of carbonyl (C=O) groups excluding carboxylic acids is 2. The third kappa shape index (κ3) is 5.12. The highest BCUT2D eigenvalue weighted by Crippen LogP contribution is 2.32. The van der Waals surface area contributed by atoms with Crippen molar-refractivity contribution in [2.45, 2.75) is 57.2 Å². The molecule has 2 aliphatic carbocycles. The van der Waals surface area contributed by atoms with Crippen molar-refractivity contribution < 1.29 is 9.59 Å². The lowest BCUT2D eigenvalue weighted by Gasteiger charge is -2.38. The van der Waals surface area contributed by atoms with E-state index in [-0.39, 0.29) is 29.8 Å². The molecule has 2 fully saturated rings. The largest absolute Gasteiger partial charge is 0.330 e. The zero-order valence-electron chi connectivity index (χ0n) is 17.9. The molecule has 0 spiro atoms. The molecule has 6 nitrogen and oxygen atoms in total. The first-order valence-electron chi connectivity index (χ1n) is 11.1. The second kappa shape index (κ2) is 9.72. The van der Waals surface area contributed by atoms with Crippen molar-refractivity contribution in [3.05, 3.63) is 64.2 Å². The number of amides is 2. The number of nitriles is 1. The van der Waals surface area contributed by atoms with Crippen LogP contribution in [0.5, 0.6) is 0 Å². The Morgan fingerprint density at radius 1 is 1.09 bits per heavy atom. The maximum absolute atomic E-state index is 13.5. The number of rotatable bonds is 6. The SMILES string of the molecule is N#Cc1ccc(C(=O)N(Cc2cc(NC(=O)C3CC3)ccc2Cl)C2CCCCC2N)cc1. The van der Waals surface area contributed by atoms with Gasteiger partial charge >= 0.3 is 0 Å². The van der Waals surface area contributed by atoms with E-state index in [1.807, 2.05) is 6.07 Å². The minimum atomic E-state index is -0.139. The molecule has 32 heavy (non-hydrogen) atoms. The van der Waals surface area contributed by atoms with Gasteiger partial charge in [-0.25, -0.2) is 0 Å². The normalized spacial score (nSPS) is 20.3. The summed E-state index contributed by atoms with van der Waals surface area (Å²) in [7, 11) is 0. The van der Waals surface area contributed by atoms with E-state index in [1.54, 1.807) is 41.3 Å². The second-order valence-electron chi connectivity index (χ2n) is 8.71. The van der Waals surface area contributed by atoms with Crippen molar-refractivity contribution in [1.82, 2.24) is 4.90 Å². The molecule has 2 amide bonds. The molecule has 0 aliphatic heterocycles. The van der Waals surface area contributed by atoms with Crippen LogP contribution in [0.2, 0.25) is 5.02 Å². The molecular weight excluding hydrogens is 424 g/mol. The molecule has 3 N–H and O–H groups in total. The van der Waals surface area contributed by atoms with Crippen LogP contribution in [-0.4, -0.2) is 28.8 Å². The Bertz CT molecular complexity index is 1040. The van der Waals surface area contributed by atoms with Crippen LogP contribution < -0.4 is 11.1 Å². The molecule has 0 aromatic heterocycles. The third-order valence-electron chi connectivity index (χ3n) is 6.31. The van der Waals surface area contributed by atoms with Crippen LogP contribution in [0.15, 0.2) is 42.5 Å². The van der Waals surface area contributed by atoms with E-state index in [4.69, 9.17) is 22.6 Å². The molecular formula is C25H27ClN4O2. The van der Waals surface area contributed by atoms with Gasteiger partial charge in [-0.1, -0.05) is 24.4 Å². The highest BCUT2D eigenvalue weighted by molar-refractivity contribution is 6.31. The van der Waals surface area contributed by atoms with E-state index in [9.17, 15) is 9.59 Å². The van der Waals surface area contributed by atoms with Gasteiger partial charge in [0.2, 0.25) is 5.91 Å². The maximum atomic E-state index is 13.5. The predicted molar refractivity (Wildman–Crippen MR) is 124 cm³/mol. The molecule has 0 saturated heterocycles. The van der Waals surface area contributed by atoms with Gasteiger partial charge in [0.25, 0.3) is 5.91 Å². The number of benzene rings is 2. The Morgan fingerprint density at radius 2 is 1.81 bits per heavy atom. The molecule has 7 heteroatoms. The summed E-state index contributed by atoms with van der Waals surface area (Å²) in [5, 5.41) is 12.5. The Labute approximate surface area is 193 Å². The van der Waals surface area contributed by atoms with Gasteiger partial charge in [-0.05, 0) is 73.7 Å². The molecule has 2 unspecified atom stereocenters. The van der Waals surface area contributed by atoms with E-state index < -0.39 is 0 Å². The zero-order chi connectivity index (χ0) is 22.7. The summed E-state index contributed by atoms with van der Waals surface area (Å²) in [5.41, 5.74) is 8.90. The minimum absolute atomic E-state index is 0.0260. The van der Waals surface area contributed by atoms with Gasteiger partial charge in [0.05, 0.1) is 11.6 Å². The minimum Gasteiger partial charge on any atom is -0.330 e. The Hall–Kier alpha value is -2.88. The predicted octanol–water partition coefficient (Wildman–Crippen LogP) is 4.47. The molecule has 0 bridgehead atoms. The Balaban J connectivity index is 1.61. The van der Waals surface area contributed by atoms with E-state index in [0.29, 0.717) is 28.4 Å². The average Bonchev–Trinajstić information content (AvgIpc) is 3.65. The number of nitrogens with one attached hydrogen (secondary N) is 1. The van der Waals surface area contributed by atoms with Crippen LogP contribution in [0, 0.1) is 17.2 Å². The maximum Gasteiger partial charge on any atom is 0.254 e. The standard InChI is InChI=1S/C25H27ClN4O2/c26-21-12-11-20(29-24(31)17-9-10-17)13-19(21)15-30(23-4-2-1-3-22(23)28)25(32)18-7-5-16(14-27)6-8-18/h5-8,11-13,17,22-23H,1-4,9-10,15,28H2,(H,29,31). The third-order valence-corrected chi connectivity index (χ3v) is 6.67. The van der Waals surface area contributed by atoms with Crippen molar-refractivity contribution >= 4 is 29.1 Å². The molecule has 2 aliphatic rings. The second-order valence-corrected chi connectivity index (χ2v) is 9.11. The fourth-order valence-corrected chi connectivity index (χ4v) is 4.44. The summed E-state index contributed by atoms with van der Waals surface area (Å²) in [6.45, 7) is 0.295. The first kappa shape index (κ1) is 22.3. The van der Waals surface area contributed by atoms with E-state index in [2.05, 4.69) is 11.4 Å². The summed E-state index contributed by atoms with van der Waals surface area (Å²) in [5.74, 6) is -0.0118. The van der Waals surface area contributed by atoms with Crippen LogP contribution >= 0.6 is 11.6 Å².